The highest BCUT2D eigenvalue weighted by Gasteiger charge is 2.37. The number of fused-ring (bicyclic) bond motifs is 3. The number of carbonyl (C=O) groups is 2. The second kappa shape index (κ2) is 11.3. The number of imidazole rings is 1. The van der Waals surface area contributed by atoms with Crippen LogP contribution in [0.5, 0.6) is 0 Å². The van der Waals surface area contributed by atoms with Crippen molar-refractivity contribution in [2.75, 3.05) is 18.5 Å². The third-order valence-corrected chi connectivity index (χ3v) is 5.63. The van der Waals surface area contributed by atoms with Gasteiger partial charge >= 0.3 is 0 Å². The first-order chi connectivity index (χ1) is 17.0. The van der Waals surface area contributed by atoms with Crippen molar-refractivity contribution in [3.8, 4) is 0 Å². The van der Waals surface area contributed by atoms with Gasteiger partial charge in [-0.15, -0.1) is 0 Å². The molecule has 0 saturated heterocycles. The maximum Gasteiger partial charge on any atom is 0.278 e. The average Bonchev–Trinajstić information content (AvgIpc) is 3.14. The Morgan fingerprint density at radius 3 is 2.53 bits per heavy atom. The molecule has 0 aliphatic rings. The number of pyridine rings is 1. The van der Waals surface area contributed by atoms with Crippen molar-refractivity contribution in [3.63, 3.8) is 0 Å². The Balaban J connectivity index is 2.16. The molecule has 3 aromatic rings. The minimum absolute atomic E-state index is 0.0188. The van der Waals surface area contributed by atoms with Crippen LogP contribution >= 0.6 is 0 Å². The summed E-state index contributed by atoms with van der Waals surface area (Å²) in [5.41, 5.74) is 3.98. The molecule has 6 N–H and O–H groups in total. The molecular weight excluding hydrogens is 464 g/mol. The summed E-state index contributed by atoms with van der Waals surface area (Å²) in [6.45, 7) is 7.78. The fourth-order valence-corrected chi connectivity index (χ4v) is 4.09. The molecule has 0 saturated carbocycles. The molecule has 2 heterocycles. The molecule has 36 heavy (non-hydrogen) atoms. The van der Waals surface area contributed by atoms with Gasteiger partial charge in [0.2, 0.25) is 11.6 Å². The summed E-state index contributed by atoms with van der Waals surface area (Å²) in [5, 5.41) is 27.5. The lowest BCUT2D eigenvalue weighted by Gasteiger charge is -2.27. The zero-order chi connectivity index (χ0) is 26.5. The molecule has 0 spiro atoms. The predicted molar refractivity (Wildman–Crippen MR) is 137 cm³/mol. The third-order valence-electron chi connectivity index (χ3n) is 5.63. The minimum atomic E-state index is -2.15. The van der Waals surface area contributed by atoms with Gasteiger partial charge in [0.05, 0.1) is 23.2 Å². The molecule has 11 heteroatoms. The normalized spacial score (nSPS) is 13.6. The first kappa shape index (κ1) is 27.5. The first-order valence-electron chi connectivity index (χ1n) is 12.1. The summed E-state index contributed by atoms with van der Waals surface area (Å²) in [5.74, 6) is -0.695. The second-order valence-electron chi connectivity index (χ2n) is 9.48. The van der Waals surface area contributed by atoms with E-state index in [4.69, 9.17) is 15.5 Å². The van der Waals surface area contributed by atoms with Gasteiger partial charge in [-0.1, -0.05) is 18.2 Å². The fourth-order valence-electron chi connectivity index (χ4n) is 4.09. The number of anilines is 1. The van der Waals surface area contributed by atoms with Gasteiger partial charge in [0.25, 0.3) is 5.91 Å². The van der Waals surface area contributed by atoms with Crippen molar-refractivity contribution in [2.24, 2.45) is 5.73 Å². The van der Waals surface area contributed by atoms with E-state index in [-0.39, 0.29) is 25.4 Å². The van der Waals surface area contributed by atoms with E-state index >= 15 is 0 Å². The van der Waals surface area contributed by atoms with Crippen LogP contribution in [0.4, 0.5) is 5.82 Å². The third kappa shape index (κ3) is 6.35. The van der Waals surface area contributed by atoms with E-state index in [9.17, 15) is 19.8 Å². The lowest BCUT2D eigenvalue weighted by Crippen LogP contribution is -2.56. The summed E-state index contributed by atoms with van der Waals surface area (Å²) in [6, 6.07) is 7.39. The molecule has 0 aliphatic heterocycles. The van der Waals surface area contributed by atoms with Crippen molar-refractivity contribution in [3.05, 3.63) is 30.1 Å². The lowest BCUT2D eigenvalue weighted by atomic mass is 10.0. The van der Waals surface area contributed by atoms with Crippen molar-refractivity contribution >= 4 is 39.6 Å². The van der Waals surface area contributed by atoms with Crippen molar-refractivity contribution in [1.82, 2.24) is 19.9 Å². The van der Waals surface area contributed by atoms with Crippen LogP contribution in [0.25, 0.3) is 21.9 Å². The van der Waals surface area contributed by atoms with E-state index in [1.165, 1.54) is 6.92 Å². The number of carbonyl (C=O) groups excluding carboxylic acids is 2. The number of hydrogen-bond donors (Lipinski definition) is 5. The number of ether oxygens (including phenoxy) is 1. The van der Waals surface area contributed by atoms with E-state index < -0.39 is 23.1 Å². The number of amides is 2. The van der Waals surface area contributed by atoms with Crippen LogP contribution in [0.3, 0.4) is 0 Å². The van der Waals surface area contributed by atoms with E-state index in [1.54, 1.807) is 19.9 Å². The van der Waals surface area contributed by atoms with Crippen LogP contribution in [0.1, 0.15) is 52.8 Å². The molecule has 1 atom stereocenters. The molecule has 196 valence electrons. The number of benzene rings is 1. The van der Waals surface area contributed by atoms with Crippen molar-refractivity contribution in [1.29, 1.82) is 0 Å². The van der Waals surface area contributed by atoms with Gasteiger partial charge in [0.1, 0.15) is 17.9 Å². The SMILES string of the molecule is CCOCc1nc2c(NC(=O)[C@@](O)(CCCCN)NC(C)=O)nc3ccccc3c2n1CC(C)(C)O. The molecule has 11 nitrogen and oxygen atoms in total. The van der Waals surface area contributed by atoms with Gasteiger partial charge < -0.3 is 35.9 Å². The number of unbranched alkanes of at least 4 members (excludes halogenated alkanes) is 1. The van der Waals surface area contributed by atoms with Gasteiger partial charge in [-0.05, 0) is 46.2 Å². The topological polar surface area (TPSA) is 165 Å². The zero-order valence-corrected chi connectivity index (χ0v) is 21.3. The Hall–Kier alpha value is -3.12. The average molecular weight is 501 g/mol. The van der Waals surface area contributed by atoms with Crippen LogP contribution in [0.15, 0.2) is 24.3 Å². The first-order valence-corrected chi connectivity index (χ1v) is 12.1. The maximum absolute atomic E-state index is 13.3. The molecule has 2 aromatic heterocycles. The van der Waals surface area contributed by atoms with Gasteiger partial charge in [0.15, 0.2) is 5.82 Å². The van der Waals surface area contributed by atoms with Crippen LogP contribution in [-0.4, -0.2) is 61.0 Å². The summed E-state index contributed by atoms with van der Waals surface area (Å²) in [6.07, 6.45) is 0.991. The van der Waals surface area contributed by atoms with Crippen LogP contribution < -0.4 is 16.4 Å². The van der Waals surface area contributed by atoms with Crippen LogP contribution in [0.2, 0.25) is 0 Å². The number of nitrogens with zero attached hydrogens (tertiary/aromatic N) is 3. The highest BCUT2D eigenvalue weighted by Crippen LogP contribution is 2.32. The largest absolute Gasteiger partial charge is 0.389 e. The van der Waals surface area contributed by atoms with Gasteiger partial charge in [0, 0.05) is 25.3 Å². The Bertz CT molecular complexity index is 1240. The Morgan fingerprint density at radius 1 is 1.17 bits per heavy atom. The highest BCUT2D eigenvalue weighted by atomic mass is 16.5. The summed E-state index contributed by atoms with van der Waals surface area (Å²) in [7, 11) is 0. The monoisotopic (exact) mass is 500 g/mol. The number of aromatic nitrogens is 3. The zero-order valence-electron chi connectivity index (χ0n) is 21.3. The van der Waals surface area contributed by atoms with Gasteiger partial charge in [-0.2, -0.15) is 0 Å². The van der Waals surface area contributed by atoms with Crippen LogP contribution in [0, 0.1) is 0 Å². The molecule has 0 radical (unpaired) electrons. The number of nitrogens with one attached hydrogen (secondary N) is 2. The smallest absolute Gasteiger partial charge is 0.278 e. The Morgan fingerprint density at radius 2 is 1.89 bits per heavy atom. The Labute approximate surface area is 210 Å². The standard InChI is InChI=1S/C25H36N6O5/c1-5-36-14-19-28-20-21(31(19)15-24(3,4)34)17-10-6-7-11-18(17)27-22(20)29-23(33)25(35,30-16(2)32)12-8-9-13-26/h6-7,10-11,34-35H,5,8-9,12-15,26H2,1-4H3,(H,30,32)(H,27,29,33)/t25-/m0/s1. The number of aliphatic hydroxyl groups is 2. The van der Waals surface area contributed by atoms with E-state index in [0.717, 1.165) is 5.39 Å². The molecule has 0 bridgehead atoms. The summed E-state index contributed by atoms with van der Waals surface area (Å²) >= 11 is 0. The molecular formula is C25H36N6O5. The molecule has 0 aliphatic carbocycles. The molecule has 1 aromatic carbocycles. The lowest BCUT2D eigenvalue weighted by molar-refractivity contribution is -0.145. The van der Waals surface area contributed by atoms with E-state index in [0.29, 0.717) is 48.4 Å². The molecule has 2 amide bonds. The summed E-state index contributed by atoms with van der Waals surface area (Å²) < 4.78 is 7.49. The van der Waals surface area contributed by atoms with Gasteiger partial charge in [-0.3, -0.25) is 9.59 Å². The second-order valence-corrected chi connectivity index (χ2v) is 9.48. The summed E-state index contributed by atoms with van der Waals surface area (Å²) in [4.78, 5) is 34.4. The Kier molecular flexibility index (Phi) is 8.62. The maximum atomic E-state index is 13.3. The quantitative estimate of drug-likeness (QED) is 0.185. The van der Waals surface area contributed by atoms with E-state index in [1.807, 2.05) is 29.7 Å². The van der Waals surface area contributed by atoms with Crippen molar-refractivity contribution < 1.29 is 24.5 Å². The predicted octanol–water partition coefficient (Wildman–Crippen LogP) is 1.78. The minimum Gasteiger partial charge on any atom is -0.389 e. The van der Waals surface area contributed by atoms with Crippen molar-refractivity contribution in [2.45, 2.75) is 71.4 Å². The molecule has 0 unspecified atom stereocenters. The number of hydrogen-bond acceptors (Lipinski definition) is 8. The highest BCUT2D eigenvalue weighted by molar-refractivity contribution is 6.10. The molecule has 3 rings (SSSR count). The fraction of sp³-hybridized carbons (Fsp3) is 0.520. The van der Waals surface area contributed by atoms with E-state index in [2.05, 4.69) is 15.6 Å². The van der Waals surface area contributed by atoms with Gasteiger partial charge in [-0.25, -0.2) is 9.97 Å². The number of nitrogens with two attached hydrogens (primary N) is 1. The van der Waals surface area contributed by atoms with Crippen LogP contribution in [-0.2, 0) is 27.5 Å². The molecule has 0 fully saturated rings. The number of rotatable bonds is 12. The number of para-hydroxylation sites is 1.